The first kappa shape index (κ1) is 22.5. The second kappa shape index (κ2) is 10.7. The molecule has 1 atom stereocenters. The maximum atomic E-state index is 12.5. The predicted octanol–water partition coefficient (Wildman–Crippen LogP) is 3.57. The summed E-state index contributed by atoms with van der Waals surface area (Å²) in [7, 11) is -3.73. The van der Waals surface area contributed by atoms with Crippen LogP contribution >= 0.6 is 0 Å². The molecule has 0 aliphatic heterocycles. The van der Waals surface area contributed by atoms with E-state index in [0.717, 1.165) is 12.8 Å². The van der Waals surface area contributed by atoms with Gasteiger partial charge in [-0.05, 0) is 68.8 Å². The number of benzene rings is 2. The van der Waals surface area contributed by atoms with Gasteiger partial charge in [-0.3, -0.25) is 9.52 Å². The monoisotopic (exact) mass is 420 g/mol. The molecular weight excluding hydrogens is 392 g/mol. The first-order valence-electron chi connectivity index (χ1n) is 9.62. The van der Waals surface area contributed by atoms with Crippen LogP contribution in [0, 0.1) is 0 Å². The highest BCUT2D eigenvalue weighted by Gasteiger charge is 2.15. The van der Waals surface area contributed by atoms with E-state index in [1.54, 1.807) is 24.3 Å². The molecule has 2 aromatic rings. The Kier molecular flexibility index (Phi) is 8.33. The van der Waals surface area contributed by atoms with Gasteiger partial charge in [-0.15, -0.1) is 0 Å². The summed E-state index contributed by atoms with van der Waals surface area (Å²) in [6.45, 7) is 6.30. The van der Waals surface area contributed by atoms with Gasteiger partial charge in [0, 0.05) is 11.7 Å². The molecule has 0 unspecified atom stereocenters. The van der Waals surface area contributed by atoms with Gasteiger partial charge in [-0.1, -0.05) is 13.3 Å². The van der Waals surface area contributed by atoms with Gasteiger partial charge in [-0.2, -0.15) is 0 Å². The van der Waals surface area contributed by atoms with Gasteiger partial charge in [0.15, 0.2) is 6.61 Å². The number of rotatable bonds is 11. The fraction of sp³-hybridized carbons (Fsp3) is 0.381. The Morgan fingerprint density at radius 1 is 0.966 bits per heavy atom. The van der Waals surface area contributed by atoms with Crippen LogP contribution in [0.2, 0.25) is 0 Å². The van der Waals surface area contributed by atoms with Gasteiger partial charge >= 0.3 is 0 Å². The molecule has 0 heterocycles. The quantitative estimate of drug-likeness (QED) is 0.580. The molecule has 8 heteroatoms. The number of carbonyl (C=O) groups is 1. The molecule has 0 radical (unpaired) electrons. The number of hydrogen-bond donors (Lipinski definition) is 2. The number of amides is 1. The molecule has 0 saturated heterocycles. The van der Waals surface area contributed by atoms with Crippen molar-refractivity contribution in [1.82, 2.24) is 5.32 Å². The van der Waals surface area contributed by atoms with Crippen LogP contribution in [0.5, 0.6) is 11.5 Å². The summed E-state index contributed by atoms with van der Waals surface area (Å²) in [5.74, 6) is 0.883. The minimum absolute atomic E-state index is 0.0947. The summed E-state index contributed by atoms with van der Waals surface area (Å²) < 4.78 is 38.3. The average Bonchev–Trinajstić information content (AvgIpc) is 2.68. The third kappa shape index (κ3) is 7.30. The first-order valence-corrected chi connectivity index (χ1v) is 11.1. The highest BCUT2D eigenvalue weighted by Crippen LogP contribution is 2.21. The molecule has 0 spiro atoms. The summed E-state index contributed by atoms with van der Waals surface area (Å²) in [4.78, 5) is 11.9. The van der Waals surface area contributed by atoms with Crippen molar-refractivity contribution in [1.29, 1.82) is 0 Å². The van der Waals surface area contributed by atoms with Gasteiger partial charge < -0.3 is 14.8 Å². The largest absolute Gasteiger partial charge is 0.494 e. The molecule has 2 aromatic carbocycles. The molecule has 0 saturated carbocycles. The van der Waals surface area contributed by atoms with Gasteiger partial charge in [0.05, 0.1) is 11.5 Å². The fourth-order valence-electron chi connectivity index (χ4n) is 2.69. The summed E-state index contributed by atoms with van der Waals surface area (Å²) in [6.07, 6.45) is 1.89. The van der Waals surface area contributed by atoms with Gasteiger partial charge in [-0.25, -0.2) is 8.42 Å². The van der Waals surface area contributed by atoms with Crippen LogP contribution in [0.25, 0.3) is 0 Å². The van der Waals surface area contributed by atoms with Gasteiger partial charge in [0.2, 0.25) is 0 Å². The van der Waals surface area contributed by atoms with Crippen molar-refractivity contribution in [2.45, 2.75) is 44.6 Å². The zero-order valence-corrected chi connectivity index (χ0v) is 17.8. The summed E-state index contributed by atoms with van der Waals surface area (Å²) >= 11 is 0. The lowest BCUT2D eigenvalue weighted by atomic mass is 10.2. The van der Waals surface area contributed by atoms with Gasteiger partial charge in [0.25, 0.3) is 15.9 Å². The smallest absolute Gasteiger partial charge is 0.261 e. The standard InChI is InChI=1S/C21H28N2O5S/c1-4-6-16(3)22-21(24)15-28-19-11-13-20(14-12-19)29(25,26)23-17-7-9-18(10-8-17)27-5-2/h7-14,16,23H,4-6,15H2,1-3H3,(H,22,24)/t16-/m0/s1. The second-order valence-corrected chi connectivity index (χ2v) is 8.26. The maximum absolute atomic E-state index is 12.5. The van der Waals surface area contributed by atoms with Crippen LogP contribution in [0.3, 0.4) is 0 Å². The maximum Gasteiger partial charge on any atom is 0.261 e. The number of carbonyl (C=O) groups excluding carboxylic acids is 1. The third-order valence-corrected chi connectivity index (χ3v) is 5.45. The third-order valence-electron chi connectivity index (χ3n) is 4.05. The lowest BCUT2D eigenvalue weighted by Crippen LogP contribution is -2.35. The first-order chi connectivity index (χ1) is 13.8. The molecule has 29 heavy (non-hydrogen) atoms. The molecule has 0 aliphatic carbocycles. The summed E-state index contributed by atoms with van der Waals surface area (Å²) in [5, 5.41) is 2.85. The Hall–Kier alpha value is -2.74. The van der Waals surface area contributed by atoms with E-state index in [0.29, 0.717) is 23.8 Å². The Balaban J connectivity index is 1.93. The van der Waals surface area contributed by atoms with Crippen molar-refractivity contribution >= 4 is 21.6 Å². The topological polar surface area (TPSA) is 93.7 Å². The molecule has 2 rings (SSSR count). The van der Waals surface area contributed by atoms with Crippen molar-refractivity contribution in [2.75, 3.05) is 17.9 Å². The summed E-state index contributed by atoms with van der Waals surface area (Å²) in [5.41, 5.74) is 0.437. The van der Waals surface area contributed by atoms with E-state index < -0.39 is 10.0 Å². The van der Waals surface area contributed by atoms with Crippen LogP contribution in [0.15, 0.2) is 53.4 Å². The van der Waals surface area contributed by atoms with E-state index in [1.165, 1.54) is 24.3 Å². The van der Waals surface area contributed by atoms with Crippen LogP contribution < -0.4 is 19.5 Å². The fourth-order valence-corrected chi connectivity index (χ4v) is 3.74. The number of sulfonamides is 1. The predicted molar refractivity (Wildman–Crippen MR) is 113 cm³/mol. The van der Waals surface area contributed by atoms with Crippen LogP contribution in [0.1, 0.15) is 33.6 Å². The molecule has 1 amide bonds. The Bertz CT molecular complexity index is 880. The SMILES string of the molecule is CCC[C@H](C)NC(=O)COc1ccc(S(=O)(=O)Nc2ccc(OCC)cc2)cc1. The van der Waals surface area contributed by atoms with Crippen molar-refractivity contribution in [3.8, 4) is 11.5 Å². The molecule has 158 valence electrons. The average molecular weight is 421 g/mol. The Morgan fingerprint density at radius 2 is 1.55 bits per heavy atom. The van der Waals surface area contributed by atoms with Gasteiger partial charge in [0.1, 0.15) is 11.5 Å². The van der Waals surface area contributed by atoms with E-state index in [4.69, 9.17) is 9.47 Å². The number of nitrogens with one attached hydrogen (secondary N) is 2. The van der Waals surface area contributed by atoms with E-state index >= 15 is 0 Å². The van der Waals surface area contributed by atoms with Crippen LogP contribution in [-0.2, 0) is 14.8 Å². The van der Waals surface area contributed by atoms with E-state index in [9.17, 15) is 13.2 Å². The second-order valence-electron chi connectivity index (χ2n) is 6.58. The number of hydrogen-bond acceptors (Lipinski definition) is 5. The molecule has 7 nitrogen and oxygen atoms in total. The molecule has 0 aliphatic rings. The zero-order chi connectivity index (χ0) is 21.3. The zero-order valence-electron chi connectivity index (χ0n) is 17.0. The minimum Gasteiger partial charge on any atom is -0.494 e. The highest BCUT2D eigenvalue weighted by molar-refractivity contribution is 7.92. The lowest BCUT2D eigenvalue weighted by molar-refractivity contribution is -0.123. The van der Waals surface area contributed by atoms with E-state index in [1.807, 2.05) is 13.8 Å². The van der Waals surface area contributed by atoms with Crippen molar-refractivity contribution in [3.05, 3.63) is 48.5 Å². The number of anilines is 1. The molecular formula is C21H28N2O5S. The molecule has 0 fully saturated rings. The summed E-state index contributed by atoms with van der Waals surface area (Å²) in [6, 6.07) is 12.7. The molecule has 0 bridgehead atoms. The van der Waals surface area contributed by atoms with E-state index in [-0.39, 0.29) is 23.5 Å². The lowest BCUT2D eigenvalue weighted by Gasteiger charge is -2.13. The van der Waals surface area contributed by atoms with Crippen molar-refractivity contribution < 1.29 is 22.7 Å². The Morgan fingerprint density at radius 3 is 2.14 bits per heavy atom. The normalized spacial score (nSPS) is 12.1. The van der Waals surface area contributed by atoms with E-state index in [2.05, 4.69) is 17.0 Å². The van der Waals surface area contributed by atoms with Crippen molar-refractivity contribution in [3.63, 3.8) is 0 Å². The highest BCUT2D eigenvalue weighted by atomic mass is 32.2. The Labute approximate surface area is 172 Å². The molecule has 2 N–H and O–H groups in total. The minimum atomic E-state index is -3.73. The van der Waals surface area contributed by atoms with Crippen LogP contribution in [0.4, 0.5) is 5.69 Å². The molecule has 0 aromatic heterocycles. The number of ether oxygens (including phenoxy) is 2. The van der Waals surface area contributed by atoms with Crippen molar-refractivity contribution in [2.24, 2.45) is 0 Å². The van der Waals surface area contributed by atoms with Crippen LogP contribution in [-0.4, -0.2) is 33.6 Å².